The minimum atomic E-state index is -0.853. The van der Waals surface area contributed by atoms with Crippen LogP contribution < -0.4 is 5.32 Å². The number of amides is 1. The van der Waals surface area contributed by atoms with Crippen molar-refractivity contribution in [2.24, 2.45) is 0 Å². The second kappa shape index (κ2) is 60.9. The van der Waals surface area contributed by atoms with Crippen molar-refractivity contribution in [3.05, 3.63) is 24.3 Å². The molecular weight excluding hydrogens is 875 g/mol. The van der Waals surface area contributed by atoms with Gasteiger partial charge < -0.3 is 20.3 Å². The Labute approximate surface area is 443 Å². The largest absolute Gasteiger partial charge is 0.466 e. The molecule has 1 amide bonds. The Morgan fingerprint density at radius 3 is 1.00 bits per heavy atom. The number of ether oxygens (including phenoxy) is 1. The molecule has 2 atom stereocenters. The second-order valence-electron chi connectivity index (χ2n) is 22.1. The zero-order valence-corrected chi connectivity index (χ0v) is 48.0. The van der Waals surface area contributed by atoms with Gasteiger partial charge in [0.15, 0.2) is 0 Å². The quantitative estimate of drug-likeness (QED) is 0.0320. The molecule has 0 aliphatic carbocycles. The van der Waals surface area contributed by atoms with Gasteiger partial charge in [-0.05, 0) is 57.8 Å². The van der Waals surface area contributed by atoms with E-state index in [0.29, 0.717) is 19.4 Å². The summed E-state index contributed by atoms with van der Waals surface area (Å²) in [6, 6.07) is -0.638. The van der Waals surface area contributed by atoms with E-state index in [-0.39, 0.29) is 18.5 Å². The molecule has 0 spiro atoms. The minimum absolute atomic E-state index is 0.000215. The van der Waals surface area contributed by atoms with Gasteiger partial charge >= 0.3 is 5.97 Å². The molecule has 0 aromatic rings. The Morgan fingerprint density at radius 2 is 0.662 bits per heavy atom. The van der Waals surface area contributed by atoms with Gasteiger partial charge in [-0.1, -0.05) is 308 Å². The van der Waals surface area contributed by atoms with Crippen LogP contribution in [0.4, 0.5) is 0 Å². The topological polar surface area (TPSA) is 95.9 Å². The molecule has 0 saturated heterocycles. The maximum atomic E-state index is 12.5. The van der Waals surface area contributed by atoms with Crippen LogP contribution in [-0.4, -0.2) is 47.4 Å². The van der Waals surface area contributed by atoms with E-state index in [2.05, 4.69) is 31.3 Å². The van der Waals surface area contributed by atoms with Gasteiger partial charge in [0, 0.05) is 12.8 Å². The molecule has 0 aliphatic rings. The van der Waals surface area contributed by atoms with Gasteiger partial charge in [-0.3, -0.25) is 9.59 Å². The molecule has 420 valence electrons. The van der Waals surface area contributed by atoms with E-state index in [1.165, 1.54) is 270 Å². The van der Waals surface area contributed by atoms with E-state index in [9.17, 15) is 19.8 Å². The molecule has 0 saturated carbocycles. The number of aliphatic hydroxyl groups is 2. The van der Waals surface area contributed by atoms with Crippen LogP contribution in [0.15, 0.2) is 24.3 Å². The average Bonchev–Trinajstić information content (AvgIpc) is 3.37. The average molecular weight is 1000 g/mol. The molecule has 0 aliphatic heterocycles. The van der Waals surface area contributed by atoms with Crippen molar-refractivity contribution in [2.75, 3.05) is 13.2 Å². The maximum Gasteiger partial charge on any atom is 0.305 e. The molecule has 0 fully saturated rings. The zero-order chi connectivity index (χ0) is 51.4. The molecule has 0 radical (unpaired) electrons. The molecule has 2 unspecified atom stereocenters. The van der Waals surface area contributed by atoms with Crippen molar-refractivity contribution in [3.8, 4) is 0 Å². The lowest BCUT2D eigenvalue weighted by atomic mass is 10.0. The highest BCUT2D eigenvalue weighted by molar-refractivity contribution is 5.76. The first-order valence-corrected chi connectivity index (χ1v) is 32.1. The molecular formula is C65H125NO5. The van der Waals surface area contributed by atoms with Crippen molar-refractivity contribution in [2.45, 2.75) is 366 Å². The molecule has 3 N–H and O–H groups in total. The van der Waals surface area contributed by atoms with E-state index in [4.69, 9.17) is 4.74 Å². The van der Waals surface area contributed by atoms with Gasteiger partial charge in [0.05, 0.1) is 25.4 Å². The third kappa shape index (κ3) is 57.5. The number of unbranched alkanes of at least 4 members (excludes halogenated alkanes) is 47. The number of allylic oxidation sites excluding steroid dienone is 3. The highest BCUT2D eigenvalue weighted by atomic mass is 16.5. The van der Waals surface area contributed by atoms with Crippen LogP contribution in [0, 0.1) is 0 Å². The predicted molar refractivity (Wildman–Crippen MR) is 310 cm³/mol. The highest BCUT2D eigenvalue weighted by Gasteiger charge is 2.18. The Morgan fingerprint density at radius 1 is 0.380 bits per heavy atom. The summed E-state index contributed by atoms with van der Waals surface area (Å²) < 4.78 is 5.47. The highest BCUT2D eigenvalue weighted by Crippen LogP contribution is 2.18. The fraction of sp³-hybridized carbons (Fsp3) is 0.908. The van der Waals surface area contributed by atoms with E-state index >= 15 is 0 Å². The number of carbonyl (C=O) groups excluding carboxylic acids is 2. The van der Waals surface area contributed by atoms with Crippen molar-refractivity contribution >= 4 is 11.9 Å². The monoisotopic (exact) mass is 1000 g/mol. The molecule has 0 heterocycles. The number of nitrogens with one attached hydrogen (secondary N) is 1. The van der Waals surface area contributed by atoms with Crippen LogP contribution in [0.5, 0.6) is 0 Å². The molecule has 0 bridgehead atoms. The predicted octanol–water partition coefficient (Wildman–Crippen LogP) is 20.2. The lowest BCUT2D eigenvalue weighted by Crippen LogP contribution is -2.45. The van der Waals surface area contributed by atoms with Gasteiger partial charge in [0.2, 0.25) is 5.91 Å². The lowest BCUT2D eigenvalue weighted by Gasteiger charge is -2.20. The van der Waals surface area contributed by atoms with Gasteiger partial charge in [0.1, 0.15) is 0 Å². The lowest BCUT2D eigenvalue weighted by molar-refractivity contribution is -0.143. The van der Waals surface area contributed by atoms with Crippen molar-refractivity contribution < 1.29 is 24.5 Å². The summed E-state index contributed by atoms with van der Waals surface area (Å²) in [6.07, 6.45) is 75.1. The van der Waals surface area contributed by atoms with E-state index < -0.39 is 12.1 Å². The van der Waals surface area contributed by atoms with E-state index in [0.717, 1.165) is 57.8 Å². The van der Waals surface area contributed by atoms with Crippen LogP contribution in [0.1, 0.15) is 354 Å². The van der Waals surface area contributed by atoms with E-state index in [1.807, 2.05) is 6.08 Å². The normalized spacial score (nSPS) is 12.7. The molecule has 0 rings (SSSR count). The summed E-state index contributed by atoms with van der Waals surface area (Å²) in [7, 11) is 0. The van der Waals surface area contributed by atoms with Gasteiger partial charge in [-0.15, -0.1) is 0 Å². The van der Waals surface area contributed by atoms with Crippen LogP contribution in [0.2, 0.25) is 0 Å². The Kier molecular flexibility index (Phi) is 59.5. The molecule has 0 aromatic carbocycles. The fourth-order valence-electron chi connectivity index (χ4n) is 10.0. The fourth-order valence-corrected chi connectivity index (χ4v) is 10.0. The third-order valence-corrected chi connectivity index (χ3v) is 15.0. The van der Waals surface area contributed by atoms with Crippen molar-refractivity contribution in [1.29, 1.82) is 0 Å². The number of hydrogen-bond donors (Lipinski definition) is 3. The first-order chi connectivity index (χ1) is 35.0. The van der Waals surface area contributed by atoms with Crippen molar-refractivity contribution in [3.63, 3.8) is 0 Å². The molecule has 6 nitrogen and oxygen atoms in total. The summed E-state index contributed by atoms with van der Waals surface area (Å²) in [4.78, 5) is 24.6. The van der Waals surface area contributed by atoms with E-state index in [1.54, 1.807) is 6.08 Å². The number of aliphatic hydroxyl groups excluding tert-OH is 2. The Hall–Kier alpha value is -1.66. The minimum Gasteiger partial charge on any atom is -0.466 e. The summed E-state index contributed by atoms with van der Waals surface area (Å²) in [5.74, 6) is -0.0762. The first-order valence-electron chi connectivity index (χ1n) is 32.1. The van der Waals surface area contributed by atoms with Crippen LogP contribution >= 0.6 is 0 Å². The zero-order valence-electron chi connectivity index (χ0n) is 48.0. The Bertz CT molecular complexity index is 1110. The molecule has 6 heteroatoms. The summed E-state index contributed by atoms with van der Waals surface area (Å²) in [5, 5.41) is 23.2. The smallest absolute Gasteiger partial charge is 0.305 e. The number of carbonyl (C=O) groups is 2. The van der Waals surface area contributed by atoms with Crippen LogP contribution in [0.3, 0.4) is 0 Å². The van der Waals surface area contributed by atoms with Gasteiger partial charge in [-0.2, -0.15) is 0 Å². The van der Waals surface area contributed by atoms with Gasteiger partial charge in [0.25, 0.3) is 0 Å². The van der Waals surface area contributed by atoms with Crippen LogP contribution in [0.25, 0.3) is 0 Å². The summed E-state index contributed by atoms with van der Waals surface area (Å²) >= 11 is 0. The van der Waals surface area contributed by atoms with Crippen LogP contribution in [-0.2, 0) is 14.3 Å². The summed E-state index contributed by atoms with van der Waals surface area (Å²) in [6.45, 7) is 4.91. The molecule has 0 aromatic heterocycles. The number of hydrogen-bond acceptors (Lipinski definition) is 5. The van der Waals surface area contributed by atoms with Gasteiger partial charge in [-0.25, -0.2) is 0 Å². The summed E-state index contributed by atoms with van der Waals surface area (Å²) in [5.41, 5.74) is 0. The number of esters is 1. The van der Waals surface area contributed by atoms with Crippen molar-refractivity contribution in [1.82, 2.24) is 5.32 Å². The standard InChI is InChI=1S/C65H125NO5/c1-3-5-7-9-11-13-15-17-19-20-21-22-23-24-25-27-30-33-37-41-45-49-53-57-63(68)62(61-67)66-64(69)58-54-50-46-42-38-34-31-28-26-29-32-36-40-44-48-52-56-60-71-65(70)59-55-51-47-43-39-35-18-16-14-12-10-8-6-4-2/h26,29,53,57,62-63,67-68H,3-25,27-28,30-52,54-56,58-61H2,1-2H3,(H,66,69)/b29-26-,57-53+. The third-order valence-electron chi connectivity index (χ3n) is 15.0. The second-order valence-corrected chi connectivity index (χ2v) is 22.1. The Balaban J connectivity index is 3.48. The maximum absolute atomic E-state index is 12.5. The SMILES string of the molecule is CCCCCCCCCCCCCCCCCCCCCCC/C=C/C(O)C(CO)NC(=O)CCCCCCCCC/C=C\CCCCCCCCOC(=O)CCCCCCCCCCCCCCCC. The number of rotatable bonds is 60. The molecule has 71 heavy (non-hydrogen) atoms. The first kappa shape index (κ1) is 69.3.